The minimum atomic E-state index is -0.813. The molecule has 8 nitrogen and oxygen atoms in total. The van der Waals surface area contributed by atoms with Gasteiger partial charge in [0, 0.05) is 25.9 Å². The molecule has 8 heteroatoms. The summed E-state index contributed by atoms with van der Waals surface area (Å²) in [5.41, 5.74) is 0.376. The molecule has 1 saturated heterocycles. The lowest BCUT2D eigenvalue weighted by Gasteiger charge is -2.44. The number of hydrogen-bond acceptors (Lipinski definition) is 5. The Labute approximate surface area is 167 Å². The second-order valence-electron chi connectivity index (χ2n) is 7.00. The minimum Gasteiger partial charge on any atom is -0.467 e. The molecule has 2 aromatic rings. The molecule has 2 aliphatic rings. The van der Waals surface area contributed by atoms with Crippen LogP contribution in [0.5, 0.6) is 5.75 Å². The number of benzene rings is 2. The first kappa shape index (κ1) is 18.8. The molecule has 0 saturated carbocycles. The molecule has 150 valence electrons. The molecular weight excluding hydrogens is 374 g/mol. The number of nitrogens with one attached hydrogen (secondary N) is 2. The standard InChI is InChI=1S/C21H21N3O5/c1-28-19(26)14-6-2-4-8-16(14)22-20(27)24-12-10-21(11-13-24)23-18(25)15-7-3-5-9-17(15)29-21/h2-9H,10-13H2,1H3,(H,22,27)(H,23,25). The zero-order valence-electron chi connectivity index (χ0n) is 15.9. The molecule has 2 aromatic carbocycles. The van der Waals surface area contributed by atoms with Crippen LogP contribution in [0.15, 0.2) is 48.5 Å². The van der Waals surface area contributed by atoms with Gasteiger partial charge in [-0.25, -0.2) is 9.59 Å². The van der Waals surface area contributed by atoms with Crippen LogP contribution in [0.2, 0.25) is 0 Å². The number of methoxy groups -OCH3 is 1. The van der Waals surface area contributed by atoms with E-state index in [1.54, 1.807) is 47.4 Å². The molecule has 29 heavy (non-hydrogen) atoms. The molecule has 1 fully saturated rings. The van der Waals surface area contributed by atoms with Crippen molar-refractivity contribution < 1.29 is 23.9 Å². The first-order valence-corrected chi connectivity index (χ1v) is 9.35. The van der Waals surface area contributed by atoms with Crippen LogP contribution in [0.25, 0.3) is 0 Å². The number of amides is 3. The number of ether oxygens (including phenoxy) is 2. The fraction of sp³-hybridized carbons (Fsp3) is 0.286. The summed E-state index contributed by atoms with van der Waals surface area (Å²) < 4.78 is 10.8. The maximum Gasteiger partial charge on any atom is 0.339 e. The van der Waals surface area contributed by atoms with E-state index in [4.69, 9.17) is 9.47 Å². The number of likely N-dealkylation sites (tertiary alicyclic amines) is 1. The van der Waals surface area contributed by atoms with Crippen molar-refractivity contribution in [3.63, 3.8) is 0 Å². The summed E-state index contributed by atoms with van der Waals surface area (Å²) in [4.78, 5) is 38.6. The largest absolute Gasteiger partial charge is 0.467 e. The third-order valence-corrected chi connectivity index (χ3v) is 5.21. The average Bonchev–Trinajstić information content (AvgIpc) is 2.74. The molecule has 2 N–H and O–H groups in total. The number of urea groups is 1. The summed E-state index contributed by atoms with van der Waals surface area (Å²) in [5.74, 6) is -0.131. The van der Waals surface area contributed by atoms with Crippen molar-refractivity contribution in [2.45, 2.75) is 18.6 Å². The number of rotatable bonds is 2. The van der Waals surface area contributed by atoms with E-state index in [9.17, 15) is 14.4 Å². The third-order valence-electron chi connectivity index (χ3n) is 5.21. The Morgan fingerprint density at radius 2 is 1.79 bits per heavy atom. The Morgan fingerprint density at radius 1 is 1.10 bits per heavy atom. The molecule has 0 aromatic heterocycles. The summed E-state index contributed by atoms with van der Waals surface area (Å²) in [6.07, 6.45) is 0.915. The van der Waals surface area contributed by atoms with Gasteiger partial charge >= 0.3 is 12.0 Å². The highest BCUT2D eigenvalue weighted by Gasteiger charge is 2.43. The number of carbonyl (C=O) groups is 3. The Balaban J connectivity index is 1.43. The second-order valence-corrected chi connectivity index (χ2v) is 7.00. The lowest BCUT2D eigenvalue weighted by Crippen LogP contribution is -2.61. The van der Waals surface area contributed by atoms with Crippen LogP contribution in [0.4, 0.5) is 10.5 Å². The first-order chi connectivity index (χ1) is 14.0. The molecular formula is C21H21N3O5. The van der Waals surface area contributed by atoms with Crippen LogP contribution >= 0.6 is 0 Å². The van der Waals surface area contributed by atoms with Crippen molar-refractivity contribution in [3.05, 3.63) is 59.7 Å². The molecule has 0 radical (unpaired) electrons. The highest BCUT2D eigenvalue weighted by atomic mass is 16.5. The van der Waals surface area contributed by atoms with E-state index < -0.39 is 11.7 Å². The van der Waals surface area contributed by atoms with Crippen LogP contribution in [-0.4, -0.2) is 48.7 Å². The van der Waals surface area contributed by atoms with Gasteiger partial charge < -0.3 is 25.0 Å². The van der Waals surface area contributed by atoms with Crippen molar-refractivity contribution >= 4 is 23.6 Å². The number of para-hydroxylation sites is 2. The van der Waals surface area contributed by atoms with E-state index in [2.05, 4.69) is 10.6 Å². The zero-order chi connectivity index (χ0) is 20.4. The molecule has 0 unspecified atom stereocenters. The monoisotopic (exact) mass is 395 g/mol. The first-order valence-electron chi connectivity index (χ1n) is 9.35. The Hall–Kier alpha value is -3.55. The number of hydrogen-bond donors (Lipinski definition) is 2. The topological polar surface area (TPSA) is 97.0 Å². The minimum absolute atomic E-state index is 0.170. The van der Waals surface area contributed by atoms with E-state index in [1.165, 1.54) is 7.11 Å². The second kappa shape index (κ2) is 7.46. The van der Waals surface area contributed by atoms with Crippen LogP contribution in [0.3, 0.4) is 0 Å². The zero-order valence-corrected chi connectivity index (χ0v) is 15.9. The number of piperidine rings is 1. The van der Waals surface area contributed by atoms with E-state index in [1.807, 2.05) is 6.07 Å². The Kier molecular flexibility index (Phi) is 4.84. The number of fused-ring (bicyclic) bond motifs is 1. The number of anilines is 1. The molecule has 2 aliphatic heterocycles. The molecule has 0 bridgehead atoms. The van der Waals surface area contributed by atoms with Gasteiger partial charge in [-0.05, 0) is 24.3 Å². The smallest absolute Gasteiger partial charge is 0.339 e. The van der Waals surface area contributed by atoms with Gasteiger partial charge in [0.25, 0.3) is 5.91 Å². The summed E-state index contributed by atoms with van der Waals surface area (Å²) >= 11 is 0. The van der Waals surface area contributed by atoms with E-state index in [0.29, 0.717) is 42.9 Å². The van der Waals surface area contributed by atoms with Crippen molar-refractivity contribution in [1.82, 2.24) is 10.2 Å². The van der Waals surface area contributed by atoms with Gasteiger partial charge in [0.15, 0.2) is 5.72 Å². The van der Waals surface area contributed by atoms with Gasteiger partial charge in [-0.2, -0.15) is 0 Å². The van der Waals surface area contributed by atoms with Crippen molar-refractivity contribution in [1.29, 1.82) is 0 Å². The Bertz CT molecular complexity index is 966. The van der Waals surface area contributed by atoms with Gasteiger partial charge in [0.1, 0.15) is 5.75 Å². The molecule has 1 spiro atoms. The van der Waals surface area contributed by atoms with E-state index in [0.717, 1.165) is 0 Å². The third kappa shape index (κ3) is 3.61. The predicted octanol–water partition coefficient (Wildman–Crippen LogP) is 2.62. The molecule has 0 atom stereocenters. The van der Waals surface area contributed by atoms with Gasteiger partial charge in [0.2, 0.25) is 0 Å². The summed E-state index contributed by atoms with van der Waals surface area (Å²) in [5, 5.41) is 5.72. The lowest BCUT2D eigenvalue weighted by molar-refractivity contribution is -0.0203. The van der Waals surface area contributed by atoms with Gasteiger partial charge in [-0.3, -0.25) is 4.79 Å². The van der Waals surface area contributed by atoms with E-state index in [-0.39, 0.29) is 17.5 Å². The van der Waals surface area contributed by atoms with Gasteiger partial charge in [-0.1, -0.05) is 24.3 Å². The van der Waals surface area contributed by atoms with Crippen molar-refractivity contribution in [3.8, 4) is 5.75 Å². The lowest BCUT2D eigenvalue weighted by atomic mass is 9.97. The predicted molar refractivity (Wildman–Crippen MR) is 105 cm³/mol. The highest BCUT2D eigenvalue weighted by molar-refractivity contribution is 6.01. The van der Waals surface area contributed by atoms with Crippen LogP contribution in [0, 0.1) is 0 Å². The summed E-state index contributed by atoms with van der Waals surface area (Å²) in [6, 6.07) is 13.5. The van der Waals surface area contributed by atoms with Crippen molar-refractivity contribution in [2.24, 2.45) is 0 Å². The summed E-state index contributed by atoms with van der Waals surface area (Å²) in [6.45, 7) is 0.795. The Morgan fingerprint density at radius 3 is 2.55 bits per heavy atom. The highest BCUT2D eigenvalue weighted by Crippen LogP contribution is 2.33. The quantitative estimate of drug-likeness (QED) is 0.762. The van der Waals surface area contributed by atoms with Crippen molar-refractivity contribution in [2.75, 3.05) is 25.5 Å². The normalized spacial score (nSPS) is 17.0. The van der Waals surface area contributed by atoms with Crippen LogP contribution < -0.4 is 15.4 Å². The average molecular weight is 395 g/mol. The fourth-order valence-electron chi connectivity index (χ4n) is 3.63. The van der Waals surface area contributed by atoms with Gasteiger partial charge in [-0.15, -0.1) is 0 Å². The molecule has 2 heterocycles. The maximum absolute atomic E-state index is 12.7. The number of esters is 1. The molecule has 4 rings (SSSR count). The maximum atomic E-state index is 12.7. The SMILES string of the molecule is COC(=O)c1ccccc1NC(=O)N1CCC2(CC1)NC(=O)c1ccccc1O2. The summed E-state index contributed by atoms with van der Waals surface area (Å²) in [7, 11) is 1.29. The van der Waals surface area contributed by atoms with E-state index >= 15 is 0 Å². The number of nitrogens with zero attached hydrogens (tertiary/aromatic N) is 1. The van der Waals surface area contributed by atoms with Crippen LogP contribution in [-0.2, 0) is 4.74 Å². The number of carbonyl (C=O) groups excluding carboxylic acids is 3. The fourth-order valence-corrected chi connectivity index (χ4v) is 3.63. The molecule has 3 amide bonds. The van der Waals surface area contributed by atoms with Gasteiger partial charge in [0.05, 0.1) is 23.9 Å². The molecule has 0 aliphatic carbocycles. The van der Waals surface area contributed by atoms with Crippen LogP contribution in [0.1, 0.15) is 33.6 Å².